The number of carbonyl (C=O) groups excluding carboxylic acids is 2. The van der Waals surface area contributed by atoms with Crippen LogP contribution in [0.1, 0.15) is 66.5 Å². The first kappa shape index (κ1) is 22.3. The molecule has 9 nitrogen and oxygen atoms in total. The number of pyridine rings is 1. The van der Waals surface area contributed by atoms with Crippen LogP contribution in [0.4, 0.5) is 4.79 Å². The molecule has 2 aliphatic rings. The fraction of sp³-hybridized carbons (Fsp3) is 0.500. The zero-order valence-electron chi connectivity index (χ0n) is 18.4. The van der Waals surface area contributed by atoms with Gasteiger partial charge in [0.05, 0.1) is 5.02 Å². The Kier molecular flexibility index (Phi) is 6.19. The van der Waals surface area contributed by atoms with Crippen LogP contribution in [0.5, 0.6) is 0 Å². The van der Waals surface area contributed by atoms with Gasteiger partial charge in [0, 0.05) is 29.2 Å². The van der Waals surface area contributed by atoms with E-state index in [9.17, 15) is 9.59 Å². The van der Waals surface area contributed by atoms with Gasteiger partial charge in [0.2, 0.25) is 0 Å². The molecule has 2 aromatic heterocycles. The Morgan fingerprint density at radius 1 is 1.34 bits per heavy atom. The number of aryl methyl sites for hydroxylation is 2. The number of nitrogens with zero attached hydrogens (tertiary/aromatic N) is 3. The molecule has 2 aromatic rings. The third-order valence-corrected chi connectivity index (χ3v) is 6.45. The van der Waals surface area contributed by atoms with Gasteiger partial charge in [-0.2, -0.15) is 10.2 Å². The van der Waals surface area contributed by atoms with Crippen molar-refractivity contribution in [2.24, 2.45) is 11.0 Å². The number of carbonyl (C=O) groups is 2. The number of H-pyrrole nitrogens is 1. The van der Waals surface area contributed by atoms with Crippen molar-refractivity contribution >= 4 is 29.3 Å². The quantitative estimate of drug-likeness (QED) is 0.631. The Labute approximate surface area is 191 Å². The maximum atomic E-state index is 12.4. The van der Waals surface area contributed by atoms with Crippen LogP contribution >= 0.6 is 11.6 Å². The molecule has 1 atom stereocenters. The van der Waals surface area contributed by atoms with Crippen LogP contribution in [0, 0.1) is 19.8 Å². The molecule has 3 heterocycles. The normalized spacial score (nSPS) is 23.8. The molecular weight excluding hydrogens is 432 g/mol. The van der Waals surface area contributed by atoms with Crippen molar-refractivity contribution in [1.82, 2.24) is 25.9 Å². The third kappa shape index (κ3) is 4.62. The molecule has 32 heavy (non-hydrogen) atoms. The Morgan fingerprint density at radius 2 is 2.09 bits per heavy atom. The molecule has 10 heteroatoms. The van der Waals surface area contributed by atoms with E-state index in [-0.39, 0.29) is 11.9 Å². The second-order valence-electron chi connectivity index (χ2n) is 8.75. The Morgan fingerprint density at radius 3 is 2.75 bits per heavy atom. The van der Waals surface area contributed by atoms with Crippen LogP contribution in [0.3, 0.4) is 0 Å². The number of halogens is 1. The SMILES string of the molecule is Cc1cc(Cl)c(C2=NNC(=O)OC23CCC(C[C@H](C)NC(=O)c2cc(C)[nH]n2)CC3)cn1. The van der Waals surface area contributed by atoms with Crippen molar-refractivity contribution in [2.75, 3.05) is 0 Å². The van der Waals surface area contributed by atoms with Gasteiger partial charge in [-0.3, -0.25) is 14.9 Å². The maximum absolute atomic E-state index is 12.4. The lowest BCUT2D eigenvalue weighted by Crippen LogP contribution is -2.52. The second-order valence-corrected chi connectivity index (χ2v) is 9.16. The minimum absolute atomic E-state index is 0.00184. The van der Waals surface area contributed by atoms with Crippen LogP contribution in [0.15, 0.2) is 23.4 Å². The molecule has 170 valence electrons. The molecule has 1 aliphatic heterocycles. The molecule has 0 bridgehead atoms. The lowest BCUT2D eigenvalue weighted by Gasteiger charge is -2.42. The Hall–Kier alpha value is -2.94. The molecular formula is C22H27ClN6O3. The van der Waals surface area contributed by atoms with Crippen molar-refractivity contribution < 1.29 is 14.3 Å². The van der Waals surface area contributed by atoms with Crippen molar-refractivity contribution in [3.05, 3.63) is 46.0 Å². The number of aromatic nitrogens is 3. The van der Waals surface area contributed by atoms with Crippen LogP contribution in [0.25, 0.3) is 0 Å². The maximum Gasteiger partial charge on any atom is 0.428 e. The number of hydrogen-bond acceptors (Lipinski definition) is 6. The summed E-state index contributed by atoms with van der Waals surface area (Å²) in [6, 6.07) is 3.50. The van der Waals surface area contributed by atoms with E-state index in [1.807, 2.05) is 20.8 Å². The highest BCUT2D eigenvalue weighted by Gasteiger charge is 2.47. The molecule has 0 saturated heterocycles. The summed E-state index contributed by atoms with van der Waals surface area (Å²) in [5, 5.41) is 14.6. The molecule has 0 radical (unpaired) electrons. The molecule has 1 fully saturated rings. The Bertz CT molecular complexity index is 1060. The summed E-state index contributed by atoms with van der Waals surface area (Å²) < 4.78 is 5.80. The zero-order valence-corrected chi connectivity index (χ0v) is 19.1. The van der Waals surface area contributed by atoms with E-state index < -0.39 is 11.7 Å². The molecule has 0 unspecified atom stereocenters. The molecule has 0 aromatic carbocycles. The highest BCUT2D eigenvalue weighted by molar-refractivity contribution is 6.34. The number of nitrogens with one attached hydrogen (secondary N) is 3. The van der Waals surface area contributed by atoms with E-state index in [2.05, 4.69) is 31.0 Å². The fourth-order valence-electron chi connectivity index (χ4n) is 4.57. The fourth-order valence-corrected chi connectivity index (χ4v) is 4.86. The van der Waals surface area contributed by atoms with E-state index in [4.69, 9.17) is 16.3 Å². The van der Waals surface area contributed by atoms with Gasteiger partial charge in [-0.25, -0.2) is 10.2 Å². The summed E-state index contributed by atoms with van der Waals surface area (Å²) in [5.74, 6) is 0.204. The molecule has 1 spiro atoms. The molecule has 4 rings (SSSR count). The van der Waals surface area contributed by atoms with Gasteiger partial charge in [-0.15, -0.1) is 0 Å². The summed E-state index contributed by atoms with van der Waals surface area (Å²) >= 11 is 6.46. The largest absolute Gasteiger partial charge is 0.435 e. The first-order valence-electron chi connectivity index (χ1n) is 10.8. The van der Waals surface area contributed by atoms with Gasteiger partial charge in [0.25, 0.3) is 5.91 Å². The van der Waals surface area contributed by atoms with E-state index in [0.29, 0.717) is 40.8 Å². The number of ether oxygens (including phenoxy) is 1. The van der Waals surface area contributed by atoms with Crippen molar-refractivity contribution in [3.8, 4) is 0 Å². The van der Waals surface area contributed by atoms with Crippen LogP contribution in [-0.4, -0.2) is 44.5 Å². The van der Waals surface area contributed by atoms with Crippen molar-refractivity contribution in [2.45, 2.75) is 64.5 Å². The standard InChI is InChI=1S/C22H27ClN6O3/c1-12-9-17(23)16(11-24-12)19-22(32-21(31)29-28-19)6-4-15(5-7-22)8-13(2)25-20(30)18-10-14(3)26-27-18/h9-11,13,15H,4-8H2,1-3H3,(H,25,30)(H,26,27)(H,29,31)/t13-,15?,22?/m0/s1. The first-order chi connectivity index (χ1) is 15.3. The number of rotatable bonds is 5. The molecule has 3 N–H and O–H groups in total. The van der Waals surface area contributed by atoms with Gasteiger partial charge in [0.15, 0.2) is 5.60 Å². The minimum atomic E-state index is -0.821. The van der Waals surface area contributed by atoms with E-state index in [1.54, 1.807) is 18.3 Å². The van der Waals surface area contributed by atoms with Crippen LogP contribution in [-0.2, 0) is 4.74 Å². The van der Waals surface area contributed by atoms with Gasteiger partial charge in [0.1, 0.15) is 11.4 Å². The van der Waals surface area contributed by atoms with Gasteiger partial charge in [-0.1, -0.05) is 11.6 Å². The summed E-state index contributed by atoms with van der Waals surface area (Å²) in [5.41, 5.74) is 4.92. The monoisotopic (exact) mass is 458 g/mol. The van der Waals surface area contributed by atoms with Crippen molar-refractivity contribution in [1.29, 1.82) is 0 Å². The van der Waals surface area contributed by atoms with Gasteiger partial charge in [-0.05, 0) is 70.9 Å². The molecule has 1 aliphatic carbocycles. The van der Waals surface area contributed by atoms with E-state index in [0.717, 1.165) is 30.7 Å². The summed E-state index contributed by atoms with van der Waals surface area (Å²) in [6.45, 7) is 5.72. The average Bonchev–Trinajstić information content (AvgIpc) is 3.17. The number of amides is 2. The van der Waals surface area contributed by atoms with Crippen LogP contribution in [0.2, 0.25) is 5.02 Å². The zero-order chi connectivity index (χ0) is 22.9. The molecule has 1 saturated carbocycles. The molecule has 2 amide bonds. The predicted molar refractivity (Wildman–Crippen MR) is 120 cm³/mol. The van der Waals surface area contributed by atoms with E-state index in [1.165, 1.54) is 0 Å². The van der Waals surface area contributed by atoms with E-state index >= 15 is 0 Å². The first-order valence-corrected chi connectivity index (χ1v) is 11.2. The number of aromatic amines is 1. The van der Waals surface area contributed by atoms with Gasteiger partial charge < -0.3 is 10.1 Å². The second kappa shape index (κ2) is 8.90. The van der Waals surface area contributed by atoms with Gasteiger partial charge >= 0.3 is 6.09 Å². The third-order valence-electron chi connectivity index (χ3n) is 6.14. The Balaban J connectivity index is 1.41. The highest BCUT2D eigenvalue weighted by Crippen LogP contribution is 2.41. The summed E-state index contributed by atoms with van der Waals surface area (Å²) in [7, 11) is 0. The lowest BCUT2D eigenvalue weighted by molar-refractivity contribution is 0.0154. The topological polar surface area (TPSA) is 121 Å². The smallest absolute Gasteiger partial charge is 0.428 e. The predicted octanol–water partition coefficient (Wildman–Crippen LogP) is 3.66. The summed E-state index contributed by atoms with van der Waals surface area (Å²) in [4.78, 5) is 28.7. The minimum Gasteiger partial charge on any atom is -0.435 e. The lowest BCUT2D eigenvalue weighted by atomic mass is 9.73. The highest BCUT2D eigenvalue weighted by atomic mass is 35.5. The number of hydrogen-bond donors (Lipinski definition) is 3. The van der Waals surface area contributed by atoms with Crippen molar-refractivity contribution in [3.63, 3.8) is 0 Å². The average molecular weight is 459 g/mol. The van der Waals surface area contributed by atoms with Crippen LogP contribution < -0.4 is 10.7 Å². The summed E-state index contributed by atoms with van der Waals surface area (Å²) in [6.07, 6.45) is 4.89. The number of hydrazone groups is 1.